The highest BCUT2D eigenvalue weighted by atomic mass is 16.4. The van der Waals surface area contributed by atoms with Crippen molar-refractivity contribution in [3.05, 3.63) is 26.7 Å². The molecule has 0 amide bonds. The Balaban J connectivity index is 2.89. The van der Waals surface area contributed by atoms with Crippen molar-refractivity contribution < 1.29 is 4.42 Å². The van der Waals surface area contributed by atoms with Crippen LogP contribution >= 0.6 is 0 Å². The highest BCUT2D eigenvalue weighted by Crippen LogP contribution is 2.04. The molecule has 0 saturated heterocycles. The molecule has 6 heteroatoms. The molecule has 0 aromatic carbocycles. The summed E-state index contributed by atoms with van der Waals surface area (Å²) >= 11 is 0. The third kappa shape index (κ3) is 10.4. The summed E-state index contributed by atoms with van der Waals surface area (Å²) in [6.07, 6.45) is 16.6. The lowest BCUT2D eigenvalue weighted by molar-refractivity contribution is 0.300. The van der Waals surface area contributed by atoms with Crippen LogP contribution in [-0.2, 0) is 13.1 Å². The molecule has 1 aromatic heterocycles. The lowest BCUT2D eigenvalue weighted by Gasteiger charge is -2.10. The molecule has 0 radical (unpaired) electrons. The Hall–Kier alpha value is -1.59. The smallest absolute Gasteiger partial charge is 0.375 e. The molecule has 30 heavy (non-hydrogen) atoms. The molecule has 0 unspecified atom stereocenters. The first-order chi connectivity index (χ1) is 14.7. The van der Waals surface area contributed by atoms with Gasteiger partial charge in [-0.2, -0.15) is 0 Å². The van der Waals surface area contributed by atoms with Crippen LogP contribution in [0.5, 0.6) is 0 Å². The van der Waals surface area contributed by atoms with Gasteiger partial charge in [-0.25, -0.2) is 23.7 Å². The molecule has 1 aromatic rings. The van der Waals surface area contributed by atoms with Gasteiger partial charge in [-0.3, -0.25) is 0 Å². The topological polar surface area (TPSA) is 69.5 Å². The third-order valence-corrected chi connectivity index (χ3v) is 5.57. The van der Waals surface area contributed by atoms with Crippen LogP contribution in [0.2, 0.25) is 0 Å². The Kier molecular flexibility index (Phi) is 15.1. The Bertz CT molecular complexity index is 730. The summed E-state index contributed by atoms with van der Waals surface area (Å²) in [5.74, 6) is -0.567. The molecule has 0 spiro atoms. The molecule has 0 bridgehead atoms. The number of aromatic nitrogens is 2. The summed E-state index contributed by atoms with van der Waals surface area (Å²) in [6, 6.07) is 0. The van der Waals surface area contributed by atoms with Gasteiger partial charge in [0.05, 0.1) is 0 Å². The van der Waals surface area contributed by atoms with E-state index in [-0.39, 0.29) is 11.4 Å². The van der Waals surface area contributed by atoms with Crippen molar-refractivity contribution in [2.24, 2.45) is 4.99 Å². The molecular formula is C24H45N3O3. The van der Waals surface area contributed by atoms with E-state index in [9.17, 15) is 9.59 Å². The second kappa shape index (κ2) is 17.1. The molecule has 0 atom stereocenters. The van der Waals surface area contributed by atoms with Crippen molar-refractivity contribution in [1.29, 1.82) is 0 Å². The number of rotatable bonds is 18. The molecule has 0 N–H and O–H groups in total. The van der Waals surface area contributed by atoms with Gasteiger partial charge in [-0.15, -0.1) is 0 Å². The van der Waals surface area contributed by atoms with Crippen molar-refractivity contribution in [2.45, 2.75) is 130 Å². The number of hydrogen-bond donors (Lipinski definition) is 0. The fourth-order valence-corrected chi connectivity index (χ4v) is 3.63. The second-order valence-electron chi connectivity index (χ2n) is 8.36. The molecule has 0 saturated carbocycles. The van der Waals surface area contributed by atoms with Gasteiger partial charge in [-0.1, -0.05) is 97.8 Å². The summed E-state index contributed by atoms with van der Waals surface area (Å²) < 4.78 is 8.36. The van der Waals surface area contributed by atoms with E-state index in [1.165, 1.54) is 55.9 Å². The predicted molar refractivity (Wildman–Crippen MR) is 124 cm³/mol. The first-order valence-electron chi connectivity index (χ1n) is 12.5. The van der Waals surface area contributed by atoms with Crippen LogP contribution in [-0.4, -0.2) is 15.7 Å². The van der Waals surface area contributed by atoms with Crippen LogP contribution in [0.25, 0.3) is 0 Å². The minimum Gasteiger partial charge on any atom is -0.375 e. The molecule has 0 aliphatic heterocycles. The van der Waals surface area contributed by atoms with Gasteiger partial charge in [0.1, 0.15) is 0 Å². The van der Waals surface area contributed by atoms with Crippen LogP contribution in [0.4, 0.5) is 0 Å². The van der Waals surface area contributed by atoms with Gasteiger partial charge in [0.15, 0.2) is 0 Å². The average Bonchev–Trinajstić information content (AvgIpc) is 2.74. The second-order valence-corrected chi connectivity index (χ2v) is 8.36. The van der Waals surface area contributed by atoms with Crippen LogP contribution in [0, 0.1) is 0 Å². The fraction of sp³-hybridized carbons (Fsp3) is 0.875. The van der Waals surface area contributed by atoms with Crippen molar-refractivity contribution in [3.63, 3.8) is 0 Å². The van der Waals surface area contributed by atoms with E-state index in [4.69, 9.17) is 4.42 Å². The normalized spacial score (nSPS) is 12.0. The Morgan fingerprint density at radius 2 is 1.10 bits per heavy atom. The van der Waals surface area contributed by atoms with E-state index in [0.29, 0.717) is 19.6 Å². The van der Waals surface area contributed by atoms with Crippen molar-refractivity contribution in [2.75, 3.05) is 6.54 Å². The van der Waals surface area contributed by atoms with Gasteiger partial charge in [0.2, 0.25) is 0 Å². The van der Waals surface area contributed by atoms with Crippen molar-refractivity contribution in [3.8, 4) is 0 Å². The van der Waals surface area contributed by atoms with E-state index in [1.54, 1.807) is 4.57 Å². The molecular weight excluding hydrogens is 378 g/mol. The third-order valence-electron chi connectivity index (χ3n) is 5.57. The van der Waals surface area contributed by atoms with Crippen LogP contribution in [0.3, 0.4) is 0 Å². The van der Waals surface area contributed by atoms with Gasteiger partial charge in [-0.05, 0) is 19.3 Å². The first-order valence-corrected chi connectivity index (χ1v) is 12.5. The highest BCUT2D eigenvalue weighted by molar-refractivity contribution is 4.71. The zero-order valence-electron chi connectivity index (χ0n) is 19.8. The van der Waals surface area contributed by atoms with Gasteiger partial charge in [0, 0.05) is 19.6 Å². The number of hydrogen-bond acceptors (Lipinski definition) is 4. The lowest BCUT2D eigenvalue weighted by atomic mass is 10.1. The standard InChI is InChI=1S/C24H45N3O3/c1-4-7-10-13-16-19-25-22-26(20-17-14-11-8-5-2)23(28)27(24(29)30-22)21-18-15-12-9-6-3/h4-21H2,1-3H3. The molecule has 1 rings (SSSR count). The Labute approximate surface area is 182 Å². The molecule has 174 valence electrons. The van der Waals surface area contributed by atoms with Gasteiger partial charge < -0.3 is 4.42 Å². The Morgan fingerprint density at radius 3 is 1.63 bits per heavy atom. The first kappa shape index (κ1) is 26.4. The van der Waals surface area contributed by atoms with E-state index in [2.05, 4.69) is 25.8 Å². The highest BCUT2D eigenvalue weighted by Gasteiger charge is 2.10. The zero-order valence-corrected chi connectivity index (χ0v) is 19.8. The summed E-state index contributed by atoms with van der Waals surface area (Å²) in [5.41, 5.74) is -0.0554. The molecule has 1 heterocycles. The van der Waals surface area contributed by atoms with Gasteiger partial charge >= 0.3 is 17.1 Å². The van der Waals surface area contributed by atoms with Gasteiger partial charge in [0.25, 0.3) is 0 Å². The SMILES string of the molecule is CCCCCCCN=c1oc(=O)n(CCCCCCC)c(=O)n1CCCCCCC. The number of unbranched alkanes of at least 4 members (excludes halogenated alkanes) is 12. The maximum atomic E-state index is 13.0. The van der Waals surface area contributed by atoms with Crippen LogP contribution in [0.1, 0.15) is 117 Å². The van der Waals surface area contributed by atoms with E-state index >= 15 is 0 Å². The fourth-order valence-electron chi connectivity index (χ4n) is 3.63. The Morgan fingerprint density at radius 1 is 0.633 bits per heavy atom. The largest absolute Gasteiger partial charge is 0.425 e. The predicted octanol–water partition coefficient (Wildman–Crippen LogP) is 5.41. The van der Waals surface area contributed by atoms with Crippen LogP contribution < -0.4 is 17.1 Å². The minimum absolute atomic E-state index is 0.207. The van der Waals surface area contributed by atoms with E-state index < -0.39 is 5.76 Å². The molecule has 0 fully saturated rings. The monoisotopic (exact) mass is 423 g/mol. The molecule has 6 nitrogen and oxygen atoms in total. The van der Waals surface area contributed by atoms with Crippen molar-refractivity contribution in [1.82, 2.24) is 9.13 Å². The zero-order chi connectivity index (χ0) is 22.0. The summed E-state index contributed by atoms with van der Waals surface area (Å²) in [4.78, 5) is 30.0. The average molecular weight is 424 g/mol. The molecule has 0 aliphatic rings. The summed E-state index contributed by atoms with van der Waals surface area (Å²) in [5, 5.41) is 0. The van der Waals surface area contributed by atoms with Crippen LogP contribution in [0.15, 0.2) is 19.0 Å². The number of nitrogens with zero attached hydrogens (tertiary/aromatic N) is 3. The maximum absolute atomic E-state index is 13.0. The quantitative estimate of drug-likeness (QED) is 0.296. The summed E-state index contributed by atoms with van der Waals surface area (Å²) in [7, 11) is 0. The minimum atomic E-state index is -0.567. The van der Waals surface area contributed by atoms with Crippen molar-refractivity contribution >= 4 is 0 Å². The molecule has 0 aliphatic carbocycles. The lowest BCUT2D eigenvalue weighted by Crippen LogP contribution is -2.47. The summed E-state index contributed by atoms with van der Waals surface area (Å²) in [6.45, 7) is 8.16. The van der Waals surface area contributed by atoms with E-state index in [0.717, 1.165) is 44.9 Å². The van der Waals surface area contributed by atoms with E-state index in [1.807, 2.05) is 0 Å². The maximum Gasteiger partial charge on any atom is 0.425 e.